The summed E-state index contributed by atoms with van der Waals surface area (Å²) in [5, 5.41) is 11.6. The number of aromatic nitrogens is 5. The number of benzene rings is 1. The number of amides is 1. The zero-order valence-electron chi connectivity index (χ0n) is 13.6. The first-order chi connectivity index (χ1) is 11.5. The zero-order chi connectivity index (χ0) is 17.3. The van der Waals surface area contributed by atoms with Crippen LogP contribution in [0.25, 0.3) is 5.69 Å². The fourth-order valence-corrected chi connectivity index (χ4v) is 2.73. The second kappa shape index (κ2) is 6.45. The first-order valence-electron chi connectivity index (χ1n) is 7.42. The van der Waals surface area contributed by atoms with Gasteiger partial charge in [0, 0.05) is 7.05 Å². The normalized spacial score (nSPS) is 12.2. The van der Waals surface area contributed by atoms with Gasteiger partial charge in [-0.25, -0.2) is 9.67 Å². The predicted molar refractivity (Wildman–Crippen MR) is 90.2 cm³/mol. The average Bonchev–Trinajstić information content (AvgIpc) is 3.16. The molecule has 0 aliphatic heterocycles. The van der Waals surface area contributed by atoms with E-state index in [1.165, 1.54) is 11.0 Å². The van der Waals surface area contributed by atoms with Crippen LogP contribution in [0.5, 0.6) is 0 Å². The molecule has 1 aromatic carbocycles. The van der Waals surface area contributed by atoms with Gasteiger partial charge in [0.05, 0.1) is 22.4 Å². The Morgan fingerprint density at radius 1 is 1.29 bits per heavy atom. The molecule has 1 N–H and O–H groups in total. The van der Waals surface area contributed by atoms with Gasteiger partial charge in [0.25, 0.3) is 5.91 Å². The highest BCUT2D eigenvalue weighted by molar-refractivity contribution is 6.34. The minimum absolute atomic E-state index is 0.173. The molecule has 0 saturated heterocycles. The molecule has 0 aliphatic rings. The van der Waals surface area contributed by atoms with Gasteiger partial charge in [-0.15, -0.1) is 0 Å². The van der Waals surface area contributed by atoms with E-state index in [-0.39, 0.29) is 11.9 Å². The van der Waals surface area contributed by atoms with E-state index in [1.807, 2.05) is 31.2 Å². The van der Waals surface area contributed by atoms with E-state index in [0.29, 0.717) is 16.4 Å². The maximum absolute atomic E-state index is 12.5. The molecule has 0 spiro atoms. The number of carbonyl (C=O) groups is 1. The number of nitrogens with one attached hydrogen (secondary N) is 1. The van der Waals surface area contributed by atoms with Crippen molar-refractivity contribution in [2.24, 2.45) is 7.05 Å². The van der Waals surface area contributed by atoms with Gasteiger partial charge in [0.2, 0.25) is 0 Å². The quantitative estimate of drug-likeness (QED) is 0.788. The van der Waals surface area contributed by atoms with Gasteiger partial charge in [0.15, 0.2) is 0 Å². The molecule has 0 aliphatic carbocycles. The van der Waals surface area contributed by atoms with Gasteiger partial charge in [0.1, 0.15) is 18.3 Å². The molecule has 2 aromatic heterocycles. The number of hydrogen-bond donors (Lipinski definition) is 1. The van der Waals surface area contributed by atoms with Gasteiger partial charge < -0.3 is 5.32 Å². The first-order valence-corrected chi connectivity index (χ1v) is 7.80. The van der Waals surface area contributed by atoms with Gasteiger partial charge >= 0.3 is 0 Å². The Morgan fingerprint density at radius 3 is 2.54 bits per heavy atom. The van der Waals surface area contributed by atoms with Gasteiger partial charge in [-0.1, -0.05) is 23.7 Å². The number of nitrogens with zero attached hydrogens (tertiary/aromatic N) is 5. The average molecular weight is 345 g/mol. The third kappa shape index (κ3) is 3.03. The maximum atomic E-state index is 12.5. The fraction of sp³-hybridized carbons (Fsp3) is 0.250. The topological polar surface area (TPSA) is 77.6 Å². The smallest absolute Gasteiger partial charge is 0.271 e. The van der Waals surface area contributed by atoms with Crippen molar-refractivity contribution in [2.75, 3.05) is 0 Å². The van der Waals surface area contributed by atoms with E-state index < -0.39 is 0 Å². The standard InChI is InChI=1S/C16H17ClN6O/c1-10(20-16(24)15-14(17)11(2)21-22(15)3)12-4-6-13(7-5-12)23-9-18-8-19-23/h4-10H,1-3H3,(H,20,24)/t10-/m1/s1. The third-order valence-electron chi connectivity index (χ3n) is 3.79. The lowest BCUT2D eigenvalue weighted by molar-refractivity contribution is 0.0930. The summed E-state index contributed by atoms with van der Waals surface area (Å²) < 4.78 is 3.17. The minimum atomic E-state index is -0.254. The Bertz CT molecular complexity index is 854. The molecule has 7 nitrogen and oxygen atoms in total. The molecular weight excluding hydrogens is 328 g/mol. The summed E-state index contributed by atoms with van der Waals surface area (Å²) in [6.07, 6.45) is 3.11. The first kappa shape index (κ1) is 16.2. The number of aryl methyl sites for hydroxylation is 2. The Morgan fingerprint density at radius 2 is 2.00 bits per heavy atom. The molecule has 24 heavy (non-hydrogen) atoms. The van der Waals surface area contributed by atoms with Crippen molar-refractivity contribution in [3.63, 3.8) is 0 Å². The number of rotatable bonds is 4. The van der Waals surface area contributed by atoms with Crippen molar-refractivity contribution >= 4 is 17.5 Å². The Hall–Kier alpha value is -2.67. The molecule has 2 heterocycles. The molecule has 0 unspecified atom stereocenters. The van der Waals surface area contributed by atoms with Crippen LogP contribution in [0.4, 0.5) is 0 Å². The van der Waals surface area contributed by atoms with Crippen molar-refractivity contribution in [1.82, 2.24) is 29.9 Å². The minimum Gasteiger partial charge on any atom is -0.344 e. The van der Waals surface area contributed by atoms with Crippen LogP contribution in [0.2, 0.25) is 5.02 Å². The van der Waals surface area contributed by atoms with Gasteiger partial charge in [-0.05, 0) is 31.5 Å². The summed E-state index contributed by atoms with van der Waals surface area (Å²) in [5.74, 6) is -0.254. The molecule has 0 saturated carbocycles. The molecule has 3 aromatic rings. The van der Waals surface area contributed by atoms with Crippen molar-refractivity contribution in [1.29, 1.82) is 0 Å². The lowest BCUT2D eigenvalue weighted by Crippen LogP contribution is -2.28. The second-order valence-corrected chi connectivity index (χ2v) is 5.88. The van der Waals surface area contributed by atoms with E-state index in [2.05, 4.69) is 20.5 Å². The van der Waals surface area contributed by atoms with Crippen molar-refractivity contribution in [3.8, 4) is 5.69 Å². The monoisotopic (exact) mass is 344 g/mol. The van der Waals surface area contributed by atoms with Crippen molar-refractivity contribution in [3.05, 3.63) is 58.9 Å². The third-order valence-corrected chi connectivity index (χ3v) is 4.24. The van der Waals surface area contributed by atoms with Gasteiger partial charge in [-0.2, -0.15) is 10.2 Å². The molecule has 124 valence electrons. The zero-order valence-corrected chi connectivity index (χ0v) is 14.3. The van der Waals surface area contributed by atoms with E-state index in [9.17, 15) is 4.79 Å². The molecule has 3 rings (SSSR count). The van der Waals surface area contributed by atoms with Crippen LogP contribution < -0.4 is 5.32 Å². The van der Waals surface area contributed by atoms with Crippen LogP contribution >= 0.6 is 11.6 Å². The summed E-state index contributed by atoms with van der Waals surface area (Å²) in [4.78, 5) is 16.4. The van der Waals surface area contributed by atoms with Crippen molar-refractivity contribution < 1.29 is 4.79 Å². The molecule has 0 fully saturated rings. The highest BCUT2D eigenvalue weighted by Crippen LogP contribution is 2.21. The van der Waals surface area contributed by atoms with Crippen molar-refractivity contribution in [2.45, 2.75) is 19.9 Å². The highest BCUT2D eigenvalue weighted by atomic mass is 35.5. The molecule has 0 radical (unpaired) electrons. The predicted octanol–water partition coefficient (Wildman–Crippen LogP) is 2.45. The Kier molecular flexibility index (Phi) is 4.35. The fourth-order valence-electron chi connectivity index (χ4n) is 2.48. The van der Waals surface area contributed by atoms with Gasteiger partial charge in [-0.3, -0.25) is 9.48 Å². The largest absolute Gasteiger partial charge is 0.344 e. The van der Waals surface area contributed by atoms with E-state index in [4.69, 9.17) is 11.6 Å². The summed E-state index contributed by atoms with van der Waals surface area (Å²) in [5.41, 5.74) is 2.87. The number of halogens is 1. The maximum Gasteiger partial charge on any atom is 0.271 e. The Balaban J connectivity index is 1.75. The van der Waals surface area contributed by atoms with Crippen LogP contribution in [0, 0.1) is 6.92 Å². The lowest BCUT2D eigenvalue weighted by atomic mass is 10.1. The summed E-state index contributed by atoms with van der Waals surface area (Å²) in [7, 11) is 1.70. The molecule has 0 bridgehead atoms. The molecule has 8 heteroatoms. The van der Waals surface area contributed by atoms with Crippen LogP contribution in [-0.2, 0) is 7.05 Å². The lowest BCUT2D eigenvalue weighted by Gasteiger charge is -2.15. The van der Waals surface area contributed by atoms with E-state index in [1.54, 1.807) is 25.0 Å². The SMILES string of the molecule is Cc1nn(C)c(C(=O)N[C@H](C)c2ccc(-n3cncn3)cc2)c1Cl. The molecule has 1 amide bonds. The van der Waals surface area contributed by atoms with Crippen LogP contribution in [0.1, 0.15) is 34.7 Å². The summed E-state index contributed by atoms with van der Waals surface area (Å²) in [6, 6.07) is 7.56. The van der Waals surface area contributed by atoms with E-state index in [0.717, 1.165) is 11.3 Å². The second-order valence-electron chi connectivity index (χ2n) is 5.50. The van der Waals surface area contributed by atoms with E-state index >= 15 is 0 Å². The molecular formula is C16H17ClN6O. The summed E-state index contributed by atoms with van der Waals surface area (Å²) >= 11 is 6.16. The van der Waals surface area contributed by atoms with Crippen LogP contribution in [0.3, 0.4) is 0 Å². The molecule has 1 atom stereocenters. The summed E-state index contributed by atoms with van der Waals surface area (Å²) in [6.45, 7) is 3.69. The number of carbonyl (C=O) groups excluding carboxylic acids is 1. The Labute approximate surface area is 144 Å². The highest BCUT2D eigenvalue weighted by Gasteiger charge is 2.20. The van der Waals surface area contributed by atoms with Crippen LogP contribution in [0.15, 0.2) is 36.9 Å². The number of hydrogen-bond acceptors (Lipinski definition) is 4. The van der Waals surface area contributed by atoms with Crippen LogP contribution in [-0.4, -0.2) is 30.5 Å².